The second-order valence-corrected chi connectivity index (χ2v) is 12.5. The van der Waals surface area contributed by atoms with Crippen LogP contribution in [0.2, 0.25) is 0 Å². The standard InChI is InChI=1S/C35H41N3O5S/c1-3-5-17-32-36-35(20-11-12-21-35)33(39)38(32)23-27-18-19-29(28(22-27)25-42-4-2)30-15-9-10-16-31(30)44(41)37-34(40)43-24-26-13-7-6-8-14-26/h6-10,13-16,18-19,22H,3-5,11-12,17,20-21,23-25H2,1-2H3,(H,37,40). The molecule has 1 aliphatic carbocycles. The molecule has 1 fully saturated rings. The highest BCUT2D eigenvalue weighted by atomic mass is 32.2. The second-order valence-electron chi connectivity index (χ2n) is 11.3. The van der Waals surface area contributed by atoms with Gasteiger partial charge in [0.05, 0.1) is 18.0 Å². The molecule has 2 aliphatic rings. The van der Waals surface area contributed by atoms with Gasteiger partial charge >= 0.3 is 6.09 Å². The van der Waals surface area contributed by atoms with E-state index >= 15 is 0 Å². The highest BCUT2D eigenvalue weighted by Gasteiger charge is 2.49. The summed E-state index contributed by atoms with van der Waals surface area (Å²) in [6.07, 6.45) is 5.81. The minimum atomic E-state index is -1.86. The second kappa shape index (κ2) is 14.8. The van der Waals surface area contributed by atoms with E-state index in [1.807, 2.05) is 66.4 Å². The normalized spacial score (nSPS) is 16.3. The van der Waals surface area contributed by atoms with Crippen molar-refractivity contribution in [2.75, 3.05) is 6.61 Å². The summed E-state index contributed by atoms with van der Waals surface area (Å²) in [7, 11) is -1.86. The number of carbonyl (C=O) groups excluding carboxylic acids is 2. The summed E-state index contributed by atoms with van der Waals surface area (Å²) >= 11 is 0. The molecule has 5 rings (SSSR count). The van der Waals surface area contributed by atoms with Crippen LogP contribution in [0.15, 0.2) is 82.7 Å². The summed E-state index contributed by atoms with van der Waals surface area (Å²) in [4.78, 5) is 33.6. The molecule has 1 atom stereocenters. The summed E-state index contributed by atoms with van der Waals surface area (Å²) < 4.78 is 27.0. The van der Waals surface area contributed by atoms with Crippen molar-refractivity contribution in [3.05, 3.63) is 89.5 Å². The Morgan fingerprint density at radius 3 is 2.45 bits per heavy atom. The quantitative estimate of drug-likeness (QED) is 0.222. The number of unbranched alkanes of at least 4 members (excludes halogenated alkanes) is 1. The summed E-state index contributed by atoms with van der Waals surface area (Å²) in [5.41, 5.74) is 3.74. The first kappa shape index (κ1) is 31.6. The van der Waals surface area contributed by atoms with E-state index in [0.717, 1.165) is 78.6 Å². The molecule has 1 N–H and O–H groups in total. The number of hydrogen-bond donors (Lipinski definition) is 1. The van der Waals surface area contributed by atoms with Crippen LogP contribution in [0.1, 0.15) is 75.5 Å². The molecule has 3 aromatic rings. The molecule has 0 bridgehead atoms. The van der Waals surface area contributed by atoms with E-state index in [-0.39, 0.29) is 12.5 Å². The summed E-state index contributed by atoms with van der Waals surface area (Å²) in [6.45, 7) is 5.51. The Morgan fingerprint density at radius 1 is 0.955 bits per heavy atom. The van der Waals surface area contributed by atoms with Gasteiger partial charge in [0.1, 0.15) is 18.0 Å². The molecule has 1 aliphatic heterocycles. The number of benzene rings is 3. The van der Waals surface area contributed by atoms with Crippen molar-refractivity contribution in [1.29, 1.82) is 0 Å². The molecule has 44 heavy (non-hydrogen) atoms. The molecule has 1 spiro atoms. The van der Waals surface area contributed by atoms with E-state index in [1.165, 1.54) is 0 Å². The van der Waals surface area contributed by atoms with Crippen molar-refractivity contribution < 1.29 is 23.3 Å². The molecule has 3 aromatic carbocycles. The highest BCUT2D eigenvalue weighted by molar-refractivity contribution is 7.83. The molecule has 0 aromatic heterocycles. The Hall–Kier alpha value is -3.82. The van der Waals surface area contributed by atoms with Crippen molar-refractivity contribution in [1.82, 2.24) is 9.62 Å². The molecule has 9 heteroatoms. The summed E-state index contributed by atoms with van der Waals surface area (Å²) in [6, 6.07) is 22.7. The lowest BCUT2D eigenvalue weighted by atomic mass is 9.96. The average Bonchev–Trinajstić information content (AvgIpc) is 3.62. The predicted octanol–water partition coefficient (Wildman–Crippen LogP) is 7.08. The summed E-state index contributed by atoms with van der Waals surface area (Å²) in [5.74, 6) is 1.03. The fourth-order valence-corrected chi connectivity index (χ4v) is 6.85. The van der Waals surface area contributed by atoms with Gasteiger partial charge < -0.3 is 9.47 Å². The third kappa shape index (κ3) is 7.27. The molecule has 1 saturated carbocycles. The molecular weight excluding hydrogens is 574 g/mol. The molecule has 1 unspecified atom stereocenters. The third-order valence-electron chi connectivity index (χ3n) is 8.22. The van der Waals surface area contributed by atoms with Gasteiger partial charge in [0, 0.05) is 13.0 Å². The Morgan fingerprint density at radius 2 is 1.70 bits per heavy atom. The zero-order valence-electron chi connectivity index (χ0n) is 25.6. The highest BCUT2D eigenvalue weighted by Crippen LogP contribution is 2.40. The van der Waals surface area contributed by atoms with Gasteiger partial charge in [-0.1, -0.05) is 92.9 Å². The van der Waals surface area contributed by atoms with Gasteiger partial charge in [0.2, 0.25) is 0 Å². The van der Waals surface area contributed by atoms with Crippen LogP contribution in [0.5, 0.6) is 0 Å². The van der Waals surface area contributed by atoms with Crippen LogP contribution in [0.25, 0.3) is 11.1 Å². The third-order valence-corrected chi connectivity index (χ3v) is 9.33. The van der Waals surface area contributed by atoms with Crippen LogP contribution >= 0.6 is 0 Å². The van der Waals surface area contributed by atoms with E-state index in [0.29, 0.717) is 24.7 Å². The Kier molecular flexibility index (Phi) is 10.6. The Labute approximate surface area is 262 Å². The number of aliphatic imine (C=N–C) groups is 1. The van der Waals surface area contributed by atoms with E-state index < -0.39 is 22.6 Å². The van der Waals surface area contributed by atoms with Crippen LogP contribution in [0.3, 0.4) is 0 Å². The maximum atomic E-state index is 13.7. The molecular formula is C35H41N3O5S. The SMILES string of the molecule is CCCCC1=NC2(CCCC2)C(=O)N1Cc1ccc(-c2ccccc2S(=O)NC(=O)OCc2ccccc2)c(COCC)c1. The topological polar surface area (TPSA) is 97.3 Å². The Bertz CT molecular complexity index is 1520. The number of hydrogen-bond acceptors (Lipinski definition) is 6. The fourth-order valence-electron chi connectivity index (χ4n) is 5.95. The number of ether oxygens (including phenoxy) is 2. The van der Waals surface area contributed by atoms with Crippen molar-refractivity contribution in [2.45, 2.75) is 89.0 Å². The van der Waals surface area contributed by atoms with Crippen LogP contribution in [0.4, 0.5) is 4.79 Å². The average molecular weight is 616 g/mol. The zero-order chi connectivity index (χ0) is 30.9. The maximum Gasteiger partial charge on any atom is 0.419 e. The van der Waals surface area contributed by atoms with Gasteiger partial charge in [0.15, 0.2) is 11.0 Å². The first-order chi connectivity index (χ1) is 21.4. The van der Waals surface area contributed by atoms with E-state index in [1.54, 1.807) is 12.1 Å². The largest absolute Gasteiger partial charge is 0.444 e. The lowest BCUT2D eigenvalue weighted by Crippen LogP contribution is -2.40. The molecule has 0 saturated heterocycles. The number of amidine groups is 1. The monoisotopic (exact) mass is 615 g/mol. The zero-order valence-corrected chi connectivity index (χ0v) is 26.4. The number of nitrogens with one attached hydrogen (secondary N) is 1. The van der Waals surface area contributed by atoms with Gasteiger partial charge in [-0.15, -0.1) is 0 Å². The fraction of sp³-hybridized carbons (Fsp3) is 0.400. The summed E-state index contributed by atoms with van der Waals surface area (Å²) in [5, 5.41) is 0. The molecule has 232 valence electrons. The molecule has 8 nitrogen and oxygen atoms in total. The van der Waals surface area contributed by atoms with E-state index in [2.05, 4.69) is 17.7 Å². The van der Waals surface area contributed by atoms with Crippen molar-refractivity contribution in [3.8, 4) is 11.1 Å². The first-order valence-corrected chi connectivity index (χ1v) is 16.7. The lowest BCUT2D eigenvalue weighted by molar-refractivity contribution is -0.131. The number of nitrogens with zero attached hydrogens (tertiary/aromatic N) is 2. The lowest BCUT2D eigenvalue weighted by Gasteiger charge is -2.23. The van der Waals surface area contributed by atoms with Crippen LogP contribution in [-0.2, 0) is 45.0 Å². The van der Waals surface area contributed by atoms with E-state index in [9.17, 15) is 13.8 Å². The number of amides is 2. The van der Waals surface area contributed by atoms with Gasteiger partial charge in [-0.05, 0) is 60.1 Å². The van der Waals surface area contributed by atoms with Crippen molar-refractivity contribution >= 4 is 28.8 Å². The smallest absolute Gasteiger partial charge is 0.419 e. The van der Waals surface area contributed by atoms with Crippen LogP contribution in [0, 0.1) is 0 Å². The predicted molar refractivity (Wildman–Crippen MR) is 172 cm³/mol. The van der Waals surface area contributed by atoms with Crippen LogP contribution in [-0.4, -0.2) is 39.1 Å². The van der Waals surface area contributed by atoms with Crippen LogP contribution < -0.4 is 4.72 Å². The van der Waals surface area contributed by atoms with Gasteiger partial charge in [-0.25, -0.2) is 13.7 Å². The van der Waals surface area contributed by atoms with Gasteiger partial charge in [0.25, 0.3) is 5.91 Å². The minimum absolute atomic E-state index is 0.0804. The molecule has 2 amide bonds. The van der Waals surface area contributed by atoms with Crippen molar-refractivity contribution in [2.24, 2.45) is 4.99 Å². The first-order valence-electron chi connectivity index (χ1n) is 15.5. The minimum Gasteiger partial charge on any atom is -0.444 e. The van der Waals surface area contributed by atoms with Gasteiger partial charge in [-0.3, -0.25) is 14.7 Å². The number of carbonyl (C=O) groups is 2. The van der Waals surface area contributed by atoms with Crippen molar-refractivity contribution in [3.63, 3.8) is 0 Å². The number of rotatable bonds is 13. The Balaban J connectivity index is 1.37. The maximum absolute atomic E-state index is 13.7. The van der Waals surface area contributed by atoms with E-state index in [4.69, 9.17) is 14.5 Å². The molecule has 1 heterocycles. The molecule has 0 radical (unpaired) electrons. The van der Waals surface area contributed by atoms with Gasteiger partial charge in [-0.2, -0.15) is 0 Å².